The highest BCUT2D eigenvalue weighted by molar-refractivity contribution is 9.10. The number of hydrogen-bond acceptors (Lipinski definition) is 2. The highest BCUT2D eigenvalue weighted by Gasteiger charge is 2.08. The summed E-state index contributed by atoms with van der Waals surface area (Å²) in [6, 6.07) is 14.5. The predicted molar refractivity (Wildman–Crippen MR) is 86.9 cm³/mol. The Labute approximate surface area is 130 Å². The summed E-state index contributed by atoms with van der Waals surface area (Å²) in [6.07, 6.45) is 0. The van der Waals surface area contributed by atoms with Crippen molar-refractivity contribution in [3.8, 4) is 5.75 Å². The molecule has 1 atom stereocenters. The Balaban J connectivity index is 2.15. The van der Waals surface area contributed by atoms with E-state index in [-0.39, 0.29) is 6.04 Å². The van der Waals surface area contributed by atoms with Crippen molar-refractivity contribution in [3.05, 3.63) is 57.0 Å². The molecule has 1 unspecified atom stereocenters. The summed E-state index contributed by atoms with van der Waals surface area (Å²) in [6.45, 7) is 2.13. The van der Waals surface area contributed by atoms with Crippen molar-refractivity contribution in [1.29, 1.82) is 0 Å². The second-order valence-electron chi connectivity index (χ2n) is 4.27. The molecule has 0 bridgehead atoms. The van der Waals surface area contributed by atoms with Gasteiger partial charge in [0.05, 0.1) is 11.6 Å². The summed E-state index contributed by atoms with van der Waals surface area (Å²) in [7, 11) is 1.67. The maximum Gasteiger partial charge on any atom is 0.133 e. The van der Waals surface area contributed by atoms with Gasteiger partial charge in [-0.15, -0.1) is 0 Å². The Hall–Kier alpha value is -1.000. The van der Waals surface area contributed by atoms with Gasteiger partial charge in [-0.05, 0) is 58.7 Å². The smallest absolute Gasteiger partial charge is 0.133 e. The van der Waals surface area contributed by atoms with Gasteiger partial charge in [0.1, 0.15) is 5.75 Å². The van der Waals surface area contributed by atoms with E-state index in [1.54, 1.807) is 7.11 Å². The van der Waals surface area contributed by atoms with Gasteiger partial charge < -0.3 is 10.1 Å². The van der Waals surface area contributed by atoms with Gasteiger partial charge in [-0.25, -0.2) is 0 Å². The maximum atomic E-state index is 5.24. The molecule has 19 heavy (non-hydrogen) atoms. The third-order valence-electron chi connectivity index (χ3n) is 2.88. The van der Waals surface area contributed by atoms with Crippen molar-refractivity contribution in [2.24, 2.45) is 0 Å². The number of benzene rings is 2. The van der Waals surface area contributed by atoms with Crippen LogP contribution in [0.2, 0.25) is 0 Å². The first kappa shape index (κ1) is 14.4. The summed E-state index contributed by atoms with van der Waals surface area (Å²) in [5, 5.41) is 3.47. The van der Waals surface area contributed by atoms with Crippen LogP contribution >= 0.6 is 31.9 Å². The average molecular weight is 385 g/mol. The van der Waals surface area contributed by atoms with E-state index in [2.05, 4.69) is 68.4 Å². The summed E-state index contributed by atoms with van der Waals surface area (Å²) in [5.74, 6) is 0.846. The lowest BCUT2D eigenvalue weighted by Crippen LogP contribution is -2.06. The average Bonchev–Trinajstić information content (AvgIpc) is 2.38. The van der Waals surface area contributed by atoms with Crippen LogP contribution < -0.4 is 10.1 Å². The second-order valence-corrected chi connectivity index (χ2v) is 6.04. The molecule has 0 aromatic heterocycles. The molecule has 4 heteroatoms. The van der Waals surface area contributed by atoms with Crippen molar-refractivity contribution >= 4 is 37.5 Å². The largest absolute Gasteiger partial charge is 0.496 e. The molecule has 2 rings (SSSR count). The van der Waals surface area contributed by atoms with Crippen LogP contribution in [0.25, 0.3) is 0 Å². The number of hydrogen-bond donors (Lipinski definition) is 1. The first-order valence-corrected chi connectivity index (χ1v) is 7.54. The molecule has 1 N–H and O–H groups in total. The zero-order valence-corrected chi connectivity index (χ0v) is 14.0. The Morgan fingerprint density at radius 2 is 1.89 bits per heavy atom. The first-order chi connectivity index (χ1) is 9.10. The lowest BCUT2D eigenvalue weighted by Gasteiger charge is -2.17. The molecule has 0 heterocycles. The van der Waals surface area contributed by atoms with Crippen molar-refractivity contribution < 1.29 is 4.74 Å². The van der Waals surface area contributed by atoms with E-state index in [1.807, 2.05) is 18.2 Å². The van der Waals surface area contributed by atoms with Crippen LogP contribution in [0.1, 0.15) is 18.5 Å². The second kappa shape index (κ2) is 6.44. The van der Waals surface area contributed by atoms with Gasteiger partial charge in [-0.3, -0.25) is 0 Å². The molecule has 0 fully saturated rings. The maximum absolute atomic E-state index is 5.24. The number of rotatable bonds is 4. The van der Waals surface area contributed by atoms with E-state index in [0.29, 0.717) is 0 Å². The molecule has 0 aliphatic rings. The Morgan fingerprint density at radius 3 is 2.53 bits per heavy atom. The quantitative estimate of drug-likeness (QED) is 0.762. The molecule has 0 saturated heterocycles. The monoisotopic (exact) mass is 383 g/mol. The van der Waals surface area contributed by atoms with Gasteiger partial charge >= 0.3 is 0 Å². The summed E-state index contributed by atoms with van der Waals surface area (Å²) < 4.78 is 7.28. The van der Waals surface area contributed by atoms with Gasteiger partial charge in [0, 0.05) is 16.2 Å². The fourth-order valence-corrected chi connectivity index (χ4v) is 2.82. The molecule has 0 saturated carbocycles. The molecular formula is C15H15Br2NO. The Morgan fingerprint density at radius 1 is 1.11 bits per heavy atom. The number of anilines is 1. The van der Waals surface area contributed by atoms with E-state index < -0.39 is 0 Å². The molecule has 2 aromatic carbocycles. The summed E-state index contributed by atoms with van der Waals surface area (Å²) in [4.78, 5) is 0. The van der Waals surface area contributed by atoms with Gasteiger partial charge in [-0.2, -0.15) is 0 Å². The van der Waals surface area contributed by atoms with Crippen molar-refractivity contribution in [2.45, 2.75) is 13.0 Å². The Kier molecular flexibility index (Phi) is 4.88. The van der Waals surface area contributed by atoms with Gasteiger partial charge in [0.2, 0.25) is 0 Å². The third-order valence-corrected chi connectivity index (χ3v) is 4.00. The van der Waals surface area contributed by atoms with Gasteiger partial charge in [0.25, 0.3) is 0 Å². The SMILES string of the molecule is COc1ccc(C(C)Nc2cccc(Br)c2)cc1Br. The molecule has 0 amide bonds. The summed E-state index contributed by atoms with van der Waals surface area (Å²) in [5.41, 5.74) is 2.29. The van der Waals surface area contributed by atoms with Crippen LogP contribution in [0.15, 0.2) is 51.4 Å². The normalized spacial score (nSPS) is 12.0. The molecule has 0 aliphatic carbocycles. The van der Waals surface area contributed by atoms with E-state index in [0.717, 1.165) is 20.4 Å². The third kappa shape index (κ3) is 3.74. The van der Waals surface area contributed by atoms with Crippen LogP contribution in [0.3, 0.4) is 0 Å². The minimum Gasteiger partial charge on any atom is -0.496 e. The van der Waals surface area contributed by atoms with E-state index in [1.165, 1.54) is 5.56 Å². The highest BCUT2D eigenvalue weighted by atomic mass is 79.9. The lowest BCUT2D eigenvalue weighted by atomic mass is 10.1. The lowest BCUT2D eigenvalue weighted by molar-refractivity contribution is 0.412. The minimum absolute atomic E-state index is 0.219. The zero-order valence-electron chi connectivity index (χ0n) is 10.8. The molecule has 0 spiro atoms. The number of methoxy groups -OCH3 is 1. The molecule has 2 nitrogen and oxygen atoms in total. The van der Waals surface area contributed by atoms with Gasteiger partial charge in [0.15, 0.2) is 0 Å². The van der Waals surface area contributed by atoms with Crippen molar-refractivity contribution in [2.75, 3.05) is 12.4 Å². The number of ether oxygens (including phenoxy) is 1. The first-order valence-electron chi connectivity index (χ1n) is 5.95. The van der Waals surface area contributed by atoms with Crippen LogP contribution in [-0.4, -0.2) is 7.11 Å². The predicted octanol–water partition coefficient (Wildman–Crippen LogP) is 5.39. The molecular weight excluding hydrogens is 370 g/mol. The summed E-state index contributed by atoms with van der Waals surface area (Å²) >= 11 is 6.99. The minimum atomic E-state index is 0.219. The van der Waals surface area contributed by atoms with Gasteiger partial charge in [-0.1, -0.05) is 28.1 Å². The topological polar surface area (TPSA) is 21.3 Å². The van der Waals surface area contributed by atoms with Crippen LogP contribution in [0.4, 0.5) is 5.69 Å². The van der Waals surface area contributed by atoms with E-state index in [9.17, 15) is 0 Å². The molecule has 2 aromatic rings. The van der Waals surface area contributed by atoms with E-state index >= 15 is 0 Å². The standard InChI is InChI=1S/C15H15Br2NO/c1-10(18-13-5-3-4-12(16)9-13)11-6-7-15(19-2)14(17)8-11/h3-10,18H,1-2H3. The fourth-order valence-electron chi connectivity index (χ4n) is 1.86. The van der Waals surface area contributed by atoms with Crippen molar-refractivity contribution in [3.63, 3.8) is 0 Å². The van der Waals surface area contributed by atoms with Crippen LogP contribution in [-0.2, 0) is 0 Å². The van der Waals surface area contributed by atoms with E-state index in [4.69, 9.17) is 4.74 Å². The van der Waals surface area contributed by atoms with Crippen LogP contribution in [0, 0.1) is 0 Å². The molecule has 100 valence electrons. The highest BCUT2D eigenvalue weighted by Crippen LogP contribution is 2.29. The fraction of sp³-hybridized carbons (Fsp3) is 0.200. The number of halogens is 2. The zero-order chi connectivity index (χ0) is 13.8. The van der Waals surface area contributed by atoms with Crippen LogP contribution in [0.5, 0.6) is 5.75 Å². The molecule has 0 aliphatic heterocycles. The number of nitrogens with one attached hydrogen (secondary N) is 1. The molecule has 0 radical (unpaired) electrons. The van der Waals surface area contributed by atoms with Crippen molar-refractivity contribution in [1.82, 2.24) is 0 Å². The Bertz CT molecular complexity index is 572.